The third-order valence-corrected chi connectivity index (χ3v) is 3.15. The SMILES string of the molecule is O=C(O)c1cc(Cl)c2c(c1)CN(C(=O)C(F)(F)F)CCO2. The third kappa shape index (κ3) is 3.21. The van der Waals surface area contributed by atoms with Crippen molar-refractivity contribution < 1.29 is 32.6 Å². The first-order chi connectivity index (χ1) is 9.70. The van der Waals surface area contributed by atoms with Crippen molar-refractivity contribution >= 4 is 23.5 Å². The van der Waals surface area contributed by atoms with Gasteiger partial charge >= 0.3 is 18.1 Å². The minimum absolute atomic E-state index is 0.0220. The van der Waals surface area contributed by atoms with Gasteiger partial charge in [-0.15, -0.1) is 0 Å². The summed E-state index contributed by atoms with van der Waals surface area (Å²) >= 11 is 5.87. The Morgan fingerprint density at radius 1 is 1.33 bits per heavy atom. The fourth-order valence-electron chi connectivity index (χ4n) is 1.95. The summed E-state index contributed by atoms with van der Waals surface area (Å²) in [6, 6.07) is 2.29. The zero-order chi connectivity index (χ0) is 15.8. The molecule has 0 saturated heterocycles. The Hall–Kier alpha value is -1.96. The van der Waals surface area contributed by atoms with Crippen molar-refractivity contribution in [2.24, 2.45) is 0 Å². The molecule has 0 radical (unpaired) electrons. The lowest BCUT2D eigenvalue weighted by molar-refractivity contribution is -0.186. The van der Waals surface area contributed by atoms with Gasteiger partial charge in [0.05, 0.1) is 17.1 Å². The monoisotopic (exact) mass is 323 g/mol. The number of fused-ring (bicyclic) bond motifs is 1. The Morgan fingerprint density at radius 2 is 2.00 bits per heavy atom. The first-order valence-electron chi connectivity index (χ1n) is 5.74. The molecule has 2 rings (SSSR count). The largest absolute Gasteiger partial charge is 0.490 e. The van der Waals surface area contributed by atoms with Crippen molar-refractivity contribution in [3.05, 3.63) is 28.3 Å². The summed E-state index contributed by atoms with van der Waals surface area (Å²) in [5, 5.41) is 8.90. The summed E-state index contributed by atoms with van der Waals surface area (Å²) in [6.45, 7) is -0.860. The van der Waals surface area contributed by atoms with E-state index in [1.165, 1.54) is 0 Å². The van der Waals surface area contributed by atoms with E-state index in [0.29, 0.717) is 4.90 Å². The Kier molecular flexibility index (Phi) is 3.99. The number of nitrogens with zero attached hydrogens (tertiary/aromatic N) is 1. The molecule has 1 amide bonds. The van der Waals surface area contributed by atoms with Gasteiger partial charge in [-0.3, -0.25) is 4.79 Å². The molecule has 0 aliphatic carbocycles. The molecular weight excluding hydrogens is 315 g/mol. The van der Waals surface area contributed by atoms with Crippen molar-refractivity contribution in [2.45, 2.75) is 12.7 Å². The van der Waals surface area contributed by atoms with Gasteiger partial charge in [0.2, 0.25) is 0 Å². The van der Waals surface area contributed by atoms with Crippen LogP contribution in [0.5, 0.6) is 5.75 Å². The van der Waals surface area contributed by atoms with Gasteiger partial charge in [0, 0.05) is 12.1 Å². The highest BCUT2D eigenvalue weighted by Crippen LogP contribution is 2.34. The number of rotatable bonds is 1. The van der Waals surface area contributed by atoms with Crippen LogP contribution in [0.4, 0.5) is 13.2 Å². The van der Waals surface area contributed by atoms with Gasteiger partial charge in [0.1, 0.15) is 12.4 Å². The van der Waals surface area contributed by atoms with Crippen LogP contribution in [0.3, 0.4) is 0 Å². The van der Waals surface area contributed by atoms with Crippen molar-refractivity contribution in [3.8, 4) is 5.75 Å². The molecule has 5 nitrogen and oxygen atoms in total. The topological polar surface area (TPSA) is 66.8 Å². The second-order valence-electron chi connectivity index (χ2n) is 4.32. The minimum atomic E-state index is -5.00. The van der Waals surface area contributed by atoms with E-state index in [1.54, 1.807) is 0 Å². The zero-order valence-electron chi connectivity index (χ0n) is 10.4. The molecule has 1 N–H and O–H groups in total. The Morgan fingerprint density at radius 3 is 2.57 bits per heavy atom. The average molecular weight is 324 g/mol. The number of ether oxygens (including phenoxy) is 1. The Labute approximate surface area is 121 Å². The summed E-state index contributed by atoms with van der Waals surface area (Å²) in [7, 11) is 0. The molecular formula is C12H9ClF3NO4. The number of carbonyl (C=O) groups excluding carboxylic acids is 1. The molecule has 0 bridgehead atoms. The molecule has 1 aliphatic heterocycles. The highest BCUT2D eigenvalue weighted by atomic mass is 35.5. The number of carbonyl (C=O) groups is 2. The van der Waals surface area contributed by atoms with Crippen LogP contribution in [0.25, 0.3) is 0 Å². The maximum absolute atomic E-state index is 12.5. The number of hydrogen-bond acceptors (Lipinski definition) is 3. The van der Waals surface area contributed by atoms with Crippen LogP contribution in [0, 0.1) is 0 Å². The van der Waals surface area contributed by atoms with Gasteiger partial charge in [-0.05, 0) is 12.1 Å². The molecule has 0 aromatic heterocycles. The summed E-state index contributed by atoms with van der Waals surface area (Å²) in [5.74, 6) is -3.19. The number of carboxylic acids is 1. The molecule has 0 spiro atoms. The van der Waals surface area contributed by atoms with Gasteiger partial charge in [-0.2, -0.15) is 13.2 Å². The van der Waals surface area contributed by atoms with Gasteiger partial charge in [-0.25, -0.2) is 4.79 Å². The van der Waals surface area contributed by atoms with E-state index in [0.717, 1.165) is 12.1 Å². The van der Waals surface area contributed by atoms with E-state index >= 15 is 0 Å². The number of amides is 1. The second kappa shape index (κ2) is 5.44. The molecule has 1 heterocycles. The Bertz CT molecular complexity index is 603. The van der Waals surface area contributed by atoms with Crippen LogP contribution in [0.2, 0.25) is 5.02 Å². The van der Waals surface area contributed by atoms with Crippen LogP contribution in [0.1, 0.15) is 15.9 Å². The molecule has 21 heavy (non-hydrogen) atoms. The van der Waals surface area contributed by atoms with Crippen molar-refractivity contribution in [1.82, 2.24) is 4.90 Å². The highest BCUT2D eigenvalue weighted by Gasteiger charge is 2.43. The normalized spacial score (nSPS) is 15.0. The van der Waals surface area contributed by atoms with Crippen LogP contribution >= 0.6 is 11.6 Å². The molecule has 114 valence electrons. The molecule has 0 saturated carbocycles. The quantitative estimate of drug-likeness (QED) is 0.861. The molecule has 0 unspecified atom stereocenters. The number of aromatic carboxylic acids is 1. The standard InChI is InChI=1S/C12H9ClF3NO4/c13-8-4-6(10(18)19)3-7-5-17(1-2-21-9(7)8)11(20)12(14,15)16/h3-4H,1-2,5H2,(H,18,19). The smallest absolute Gasteiger partial charge is 0.471 e. The van der Waals surface area contributed by atoms with Crippen molar-refractivity contribution in [2.75, 3.05) is 13.2 Å². The fourth-order valence-corrected chi connectivity index (χ4v) is 2.24. The minimum Gasteiger partial charge on any atom is -0.490 e. The summed E-state index contributed by atoms with van der Waals surface area (Å²) in [6.07, 6.45) is -5.00. The number of benzene rings is 1. The number of hydrogen-bond donors (Lipinski definition) is 1. The van der Waals surface area contributed by atoms with Crippen LogP contribution in [-0.4, -0.2) is 41.2 Å². The predicted octanol–water partition coefficient (Wildman–Crippen LogP) is 2.32. The van der Waals surface area contributed by atoms with Crippen LogP contribution < -0.4 is 4.74 Å². The second-order valence-corrected chi connectivity index (χ2v) is 4.73. The van der Waals surface area contributed by atoms with E-state index in [2.05, 4.69) is 0 Å². The van der Waals surface area contributed by atoms with Crippen molar-refractivity contribution in [1.29, 1.82) is 0 Å². The highest BCUT2D eigenvalue weighted by molar-refractivity contribution is 6.32. The number of halogens is 4. The van der Waals surface area contributed by atoms with E-state index in [9.17, 15) is 22.8 Å². The zero-order valence-corrected chi connectivity index (χ0v) is 11.2. The van der Waals surface area contributed by atoms with E-state index in [4.69, 9.17) is 21.4 Å². The maximum Gasteiger partial charge on any atom is 0.471 e. The molecule has 0 atom stereocenters. The fraction of sp³-hybridized carbons (Fsp3) is 0.333. The lowest BCUT2D eigenvalue weighted by atomic mass is 10.1. The summed E-state index contributed by atoms with van der Waals surface area (Å²) in [4.78, 5) is 22.8. The lowest BCUT2D eigenvalue weighted by Gasteiger charge is -2.21. The molecule has 1 aliphatic rings. The molecule has 9 heteroatoms. The summed E-state index contributed by atoms with van der Waals surface area (Å²) in [5.41, 5.74) is -0.0707. The number of alkyl halides is 3. The average Bonchev–Trinajstić information content (AvgIpc) is 2.58. The maximum atomic E-state index is 12.5. The van der Waals surface area contributed by atoms with Gasteiger partial charge in [0.15, 0.2) is 0 Å². The van der Waals surface area contributed by atoms with Gasteiger partial charge in [-0.1, -0.05) is 11.6 Å². The predicted molar refractivity (Wildman–Crippen MR) is 65.4 cm³/mol. The van der Waals surface area contributed by atoms with Gasteiger partial charge in [0.25, 0.3) is 0 Å². The third-order valence-electron chi connectivity index (χ3n) is 2.87. The summed E-state index contributed by atoms with van der Waals surface area (Å²) < 4.78 is 42.7. The van der Waals surface area contributed by atoms with Gasteiger partial charge < -0.3 is 14.7 Å². The molecule has 1 aromatic carbocycles. The van der Waals surface area contributed by atoms with E-state index < -0.39 is 24.6 Å². The van der Waals surface area contributed by atoms with E-state index in [-0.39, 0.29) is 35.1 Å². The number of carboxylic acid groups (broad SMARTS) is 1. The molecule has 1 aromatic rings. The first-order valence-corrected chi connectivity index (χ1v) is 6.12. The van der Waals surface area contributed by atoms with Crippen LogP contribution in [0.15, 0.2) is 12.1 Å². The molecule has 0 fully saturated rings. The Balaban J connectivity index is 2.39. The first kappa shape index (κ1) is 15.4. The van der Waals surface area contributed by atoms with E-state index in [1.807, 2.05) is 0 Å². The lowest BCUT2D eigenvalue weighted by Crippen LogP contribution is -2.41. The van der Waals surface area contributed by atoms with Crippen LogP contribution in [-0.2, 0) is 11.3 Å². The van der Waals surface area contributed by atoms with Crippen molar-refractivity contribution in [3.63, 3.8) is 0 Å².